The van der Waals surface area contributed by atoms with Crippen LogP contribution in [0.25, 0.3) is 11.0 Å². The van der Waals surface area contributed by atoms with Crippen molar-refractivity contribution in [3.8, 4) is 11.6 Å². The maximum absolute atomic E-state index is 14.1. The molecule has 1 aromatic heterocycles. The van der Waals surface area contributed by atoms with E-state index in [-0.39, 0.29) is 25.3 Å². The highest BCUT2D eigenvalue weighted by molar-refractivity contribution is 7.91. The van der Waals surface area contributed by atoms with Crippen LogP contribution in [0, 0.1) is 17.8 Å². The standard InChI is InChI=1S/C35H46F2N6O9S/c1-19-26(52-31-24(8-6-4-5-7-20-9-10-20)39-23-12-11-21(51-3)15-25(23)40-31)18-43(27(44)17-38-33(47)48)28(19)30(45)41-35(16-22(35)29(36)37)32(46)42-53(49,50)34(2)13-14-34/h11-12,15,19-20,22,26,28-29,38H,4-10,13-14,16-18H2,1-3H3,(H,41,45)(H,42,46)(H,47,48)/t19-,22+,26+,28+,35-/m1/s1. The molecule has 2 aromatic rings. The second kappa shape index (κ2) is 14.8. The Kier molecular flexibility index (Phi) is 10.7. The van der Waals surface area contributed by atoms with Crippen LogP contribution in [0.4, 0.5) is 13.6 Å². The molecule has 15 nitrogen and oxygen atoms in total. The second-order valence-electron chi connectivity index (χ2n) is 15.0. The molecule has 1 saturated heterocycles. The third-order valence-electron chi connectivity index (χ3n) is 11.1. The van der Waals surface area contributed by atoms with Crippen molar-refractivity contribution >= 4 is 44.9 Å². The molecule has 3 aliphatic carbocycles. The lowest BCUT2D eigenvalue weighted by Crippen LogP contribution is -2.59. The number of likely N-dealkylation sites (tertiary alicyclic amines) is 1. The number of amides is 4. The summed E-state index contributed by atoms with van der Waals surface area (Å²) in [7, 11) is -2.71. The van der Waals surface area contributed by atoms with Crippen molar-refractivity contribution in [3.63, 3.8) is 0 Å². The van der Waals surface area contributed by atoms with E-state index in [0.29, 0.717) is 28.9 Å². The van der Waals surface area contributed by atoms with Gasteiger partial charge in [-0.25, -0.2) is 32.0 Å². The molecule has 2 heterocycles. The summed E-state index contributed by atoms with van der Waals surface area (Å²) >= 11 is 0. The third kappa shape index (κ3) is 8.26. The van der Waals surface area contributed by atoms with Gasteiger partial charge in [0.1, 0.15) is 35.7 Å². The minimum atomic E-state index is -4.23. The van der Waals surface area contributed by atoms with E-state index in [0.717, 1.165) is 30.1 Å². The largest absolute Gasteiger partial charge is 0.497 e. The molecule has 290 valence electrons. The molecule has 1 aliphatic heterocycles. The average molecular weight is 765 g/mol. The summed E-state index contributed by atoms with van der Waals surface area (Å²) in [5.74, 6) is -4.06. The van der Waals surface area contributed by atoms with Gasteiger partial charge in [0.2, 0.25) is 34.1 Å². The quantitative estimate of drug-likeness (QED) is 0.172. The highest BCUT2D eigenvalue weighted by Crippen LogP contribution is 2.49. The van der Waals surface area contributed by atoms with Gasteiger partial charge in [-0.3, -0.25) is 19.1 Å². The molecule has 4 fully saturated rings. The van der Waals surface area contributed by atoms with Crippen LogP contribution in [-0.2, 0) is 30.8 Å². The van der Waals surface area contributed by atoms with Crippen LogP contribution in [0.5, 0.6) is 11.6 Å². The summed E-state index contributed by atoms with van der Waals surface area (Å²) in [6.45, 7) is 2.10. The lowest BCUT2D eigenvalue weighted by atomic mass is 9.98. The Bertz CT molecular complexity index is 1880. The molecule has 18 heteroatoms. The van der Waals surface area contributed by atoms with Gasteiger partial charge in [0, 0.05) is 12.0 Å². The molecule has 53 heavy (non-hydrogen) atoms. The summed E-state index contributed by atoms with van der Waals surface area (Å²) in [6, 6.07) is 3.83. The molecule has 3 saturated carbocycles. The van der Waals surface area contributed by atoms with E-state index < -0.39 is 87.5 Å². The highest BCUT2D eigenvalue weighted by Gasteiger charge is 2.67. The van der Waals surface area contributed by atoms with E-state index in [4.69, 9.17) is 24.5 Å². The average Bonchev–Trinajstić information content (AvgIpc) is 4.02. The Balaban J connectivity index is 1.26. The Labute approximate surface area is 306 Å². The summed E-state index contributed by atoms with van der Waals surface area (Å²) in [5.41, 5.74) is -0.589. The van der Waals surface area contributed by atoms with Crippen LogP contribution in [0.15, 0.2) is 18.2 Å². The van der Waals surface area contributed by atoms with Crippen LogP contribution in [0.3, 0.4) is 0 Å². The molecule has 5 atom stereocenters. The van der Waals surface area contributed by atoms with Gasteiger partial charge in [0.05, 0.1) is 35.4 Å². The first-order valence-electron chi connectivity index (χ1n) is 18.0. The molecular formula is C35H46F2N6O9S. The Morgan fingerprint density at radius 2 is 1.83 bits per heavy atom. The van der Waals surface area contributed by atoms with Gasteiger partial charge < -0.3 is 30.1 Å². The number of hydrogen-bond donors (Lipinski definition) is 4. The number of carboxylic acid groups (broad SMARTS) is 1. The van der Waals surface area contributed by atoms with Crippen LogP contribution < -0.4 is 24.8 Å². The number of ether oxygens (including phenoxy) is 2. The van der Waals surface area contributed by atoms with Crippen molar-refractivity contribution in [2.45, 2.75) is 107 Å². The number of halogens is 2. The number of benzene rings is 1. The number of alkyl halides is 2. The van der Waals surface area contributed by atoms with E-state index in [9.17, 15) is 36.4 Å². The van der Waals surface area contributed by atoms with Crippen molar-refractivity contribution < 1.29 is 51.0 Å². The van der Waals surface area contributed by atoms with Crippen LogP contribution in [-0.4, -0.2) is 101 Å². The summed E-state index contributed by atoms with van der Waals surface area (Å²) in [6.07, 6.45) is 1.78. The smallest absolute Gasteiger partial charge is 0.405 e. The lowest BCUT2D eigenvalue weighted by Gasteiger charge is -2.28. The Morgan fingerprint density at radius 3 is 2.45 bits per heavy atom. The van der Waals surface area contributed by atoms with Gasteiger partial charge in [0.25, 0.3) is 5.91 Å². The van der Waals surface area contributed by atoms with Gasteiger partial charge >= 0.3 is 6.09 Å². The normalized spacial score (nSPS) is 25.9. The van der Waals surface area contributed by atoms with E-state index in [2.05, 4.69) is 5.32 Å². The fourth-order valence-electron chi connectivity index (χ4n) is 7.01. The van der Waals surface area contributed by atoms with Crippen molar-refractivity contribution in [2.75, 3.05) is 20.2 Å². The molecule has 0 bridgehead atoms. The number of fused-ring (bicyclic) bond motifs is 1. The molecule has 0 radical (unpaired) electrons. The molecule has 1 aromatic carbocycles. The predicted molar refractivity (Wildman–Crippen MR) is 186 cm³/mol. The number of aromatic nitrogens is 2. The number of nitrogens with zero attached hydrogens (tertiary/aromatic N) is 3. The number of rotatable bonds is 17. The second-order valence-corrected chi connectivity index (χ2v) is 17.2. The van der Waals surface area contributed by atoms with E-state index in [1.54, 1.807) is 25.1 Å². The molecular weight excluding hydrogens is 718 g/mol. The molecule has 4 aliphatic rings. The van der Waals surface area contributed by atoms with Gasteiger partial charge in [-0.1, -0.05) is 39.0 Å². The summed E-state index contributed by atoms with van der Waals surface area (Å²) in [4.78, 5) is 62.7. The minimum Gasteiger partial charge on any atom is -0.497 e. The molecule has 4 amide bonds. The molecule has 4 N–H and O–H groups in total. The van der Waals surface area contributed by atoms with Crippen molar-refractivity contribution in [2.24, 2.45) is 17.8 Å². The van der Waals surface area contributed by atoms with Crippen molar-refractivity contribution in [3.05, 3.63) is 23.9 Å². The summed E-state index contributed by atoms with van der Waals surface area (Å²) < 4.78 is 66.3. The number of unbranched alkanes of at least 4 members (excludes halogenated alkanes) is 2. The van der Waals surface area contributed by atoms with Crippen molar-refractivity contribution in [1.82, 2.24) is 30.2 Å². The van der Waals surface area contributed by atoms with Gasteiger partial charge in [-0.15, -0.1) is 0 Å². The number of methoxy groups -OCH3 is 1. The third-order valence-corrected chi connectivity index (χ3v) is 13.2. The highest BCUT2D eigenvalue weighted by atomic mass is 32.2. The SMILES string of the molecule is COc1ccc2nc(CCCCCC3CC3)c(O[C@H]3CN(C(=O)CNC(=O)O)[C@H](C(=O)N[C@]4(C(=O)NS(=O)(=O)C5(C)CC5)C[C@H]4C(F)F)[C@@H]3C)nc2c1. The number of sulfonamides is 1. The van der Waals surface area contributed by atoms with E-state index in [1.165, 1.54) is 33.3 Å². The number of nitrogens with one attached hydrogen (secondary N) is 3. The van der Waals surface area contributed by atoms with E-state index in [1.807, 2.05) is 10.0 Å². The van der Waals surface area contributed by atoms with Crippen LogP contribution in [0.2, 0.25) is 0 Å². The maximum Gasteiger partial charge on any atom is 0.405 e. The predicted octanol–water partition coefficient (Wildman–Crippen LogP) is 3.15. The van der Waals surface area contributed by atoms with E-state index >= 15 is 0 Å². The molecule has 0 unspecified atom stereocenters. The van der Waals surface area contributed by atoms with Gasteiger partial charge in [-0.05, 0) is 57.1 Å². The zero-order chi connectivity index (χ0) is 38.3. The van der Waals surface area contributed by atoms with Gasteiger partial charge in [0.15, 0.2) is 0 Å². The zero-order valence-corrected chi connectivity index (χ0v) is 30.7. The number of aryl methyl sites for hydroxylation is 1. The number of hydrogen-bond acceptors (Lipinski definition) is 10. The minimum absolute atomic E-state index is 0.177. The fourth-order valence-corrected chi connectivity index (χ4v) is 8.33. The van der Waals surface area contributed by atoms with Crippen LogP contribution in [0.1, 0.15) is 77.3 Å². The first-order chi connectivity index (χ1) is 25.1. The topological polar surface area (TPSA) is 206 Å². The summed E-state index contributed by atoms with van der Waals surface area (Å²) in [5, 5.41) is 13.5. The Hall–Kier alpha value is -4.35. The maximum atomic E-state index is 14.1. The number of carbonyl (C=O) groups is 4. The first-order valence-corrected chi connectivity index (χ1v) is 19.5. The van der Waals surface area contributed by atoms with Crippen LogP contribution >= 0.6 is 0 Å². The zero-order valence-electron chi connectivity index (χ0n) is 29.9. The lowest BCUT2D eigenvalue weighted by molar-refractivity contribution is -0.140. The van der Waals surface area contributed by atoms with Crippen molar-refractivity contribution in [1.29, 1.82) is 0 Å². The monoisotopic (exact) mass is 764 g/mol. The molecule has 6 rings (SSSR count). The first kappa shape index (κ1) is 38.4. The molecule has 0 spiro atoms. The fraction of sp³-hybridized carbons (Fsp3) is 0.657. The van der Waals surface area contributed by atoms with Gasteiger partial charge in [-0.2, -0.15) is 0 Å². The number of carbonyl (C=O) groups excluding carboxylic acids is 3. The Morgan fingerprint density at radius 1 is 1.09 bits per heavy atom.